The van der Waals surface area contributed by atoms with Gasteiger partial charge in [-0.2, -0.15) is 0 Å². The maximum atomic E-state index is 13.3. The number of amides is 1. The van der Waals surface area contributed by atoms with E-state index in [4.69, 9.17) is 21.1 Å². The zero-order valence-corrected chi connectivity index (χ0v) is 19.0. The minimum absolute atomic E-state index is 0.108. The Balaban J connectivity index is 1.99. The number of aliphatic hydroxyl groups is 1. The summed E-state index contributed by atoms with van der Waals surface area (Å²) in [5.41, 5.74) is 1.93. The number of carbonyl (C=O) groups excluding carboxylic acids is 2. The van der Waals surface area contributed by atoms with E-state index in [0.717, 1.165) is 5.56 Å². The fourth-order valence-corrected chi connectivity index (χ4v) is 4.12. The van der Waals surface area contributed by atoms with Crippen molar-refractivity contribution in [2.24, 2.45) is 0 Å². The number of pyridine rings is 1. The first kappa shape index (κ1) is 22.4. The van der Waals surface area contributed by atoms with Gasteiger partial charge in [-0.3, -0.25) is 19.5 Å². The van der Waals surface area contributed by atoms with E-state index < -0.39 is 23.5 Å². The molecule has 33 heavy (non-hydrogen) atoms. The molecule has 0 radical (unpaired) electrons. The van der Waals surface area contributed by atoms with Gasteiger partial charge < -0.3 is 14.6 Å². The van der Waals surface area contributed by atoms with Gasteiger partial charge in [-0.25, -0.2) is 0 Å². The second-order valence-electron chi connectivity index (χ2n) is 7.45. The number of hydrogen-bond donors (Lipinski definition) is 1. The summed E-state index contributed by atoms with van der Waals surface area (Å²) in [6.07, 6.45) is 1.57. The van der Waals surface area contributed by atoms with Crippen LogP contribution in [0, 0.1) is 6.92 Å². The molecule has 3 aromatic rings. The smallest absolute Gasteiger partial charge is 0.300 e. The lowest BCUT2D eigenvalue weighted by atomic mass is 9.97. The summed E-state index contributed by atoms with van der Waals surface area (Å²) < 4.78 is 10.6. The van der Waals surface area contributed by atoms with E-state index in [9.17, 15) is 14.7 Å². The van der Waals surface area contributed by atoms with Crippen molar-refractivity contribution in [3.8, 4) is 11.5 Å². The molecule has 0 aliphatic carbocycles. The molecule has 4 rings (SSSR count). The van der Waals surface area contributed by atoms with E-state index in [1.54, 1.807) is 42.6 Å². The van der Waals surface area contributed by atoms with Crippen LogP contribution in [0.4, 0.5) is 5.69 Å². The fraction of sp³-hybridized carbons (Fsp3) is 0.160. The van der Waals surface area contributed by atoms with Crippen LogP contribution in [0.3, 0.4) is 0 Å². The largest absolute Gasteiger partial charge is 0.507 e. The van der Waals surface area contributed by atoms with E-state index in [0.29, 0.717) is 11.4 Å². The number of aliphatic hydroxyl groups excluding tert-OH is 1. The molecule has 0 bridgehead atoms. The van der Waals surface area contributed by atoms with Crippen LogP contribution in [0.25, 0.3) is 5.76 Å². The first-order chi connectivity index (χ1) is 15.9. The predicted octanol–water partition coefficient (Wildman–Crippen LogP) is 4.69. The highest BCUT2D eigenvalue weighted by Gasteiger charge is 2.48. The van der Waals surface area contributed by atoms with Crippen molar-refractivity contribution in [2.75, 3.05) is 19.1 Å². The number of rotatable bonds is 5. The summed E-state index contributed by atoms with van der Waals surface area (Å²) >= 11 is 6.20. The monoisotopic (exact) mass is 464 g/mol. The first-order valence-electron chi connectivity index (χ1n) is 10.1. The van der Waals surface area contributed by atoms with Crippen LogP contribution in [0.2, 0.25) is 5.02 Å². The SMILES string of the molecule is COc1cc(/C(O)=C2\C(=O)C(=O)N(c3cccc(C)c3)C2c2ccccn2)c(OC)cc1Cl. The predicted molar refractivity (Wildman–Crippen MR) is 125 cm³/mol. The molecule has 1 atom stereocenters. The van der Waals surface area contributed by atoms with Gasteiger partial charge in [0, 0.05) is 18.0 Å². The topological polar surface area (TPSA) is 89.0 Å². The minimum atomic E-state index is -0.945. The number of methoxy groups -OCH3 is 2. The molecule has 168 valence electrons. The highest BCUT2D eigenvalue weighted by atomic mass is 35.5. The van der Waals surface area contributed by atoms with Crippen molar-refractivity contribution in [3.05, 3.63) is 88.2 Å². The zero-order chi connectivity index (χ0) is 23.7. The number of carbonyl (C=O) groups is 2. The quantitative estimate of drug-likeness (QED) is 0.335. The number of aryl methyl sites for hydroxylation is 1. The molecule has 7 nitrogen and oxygen atoms in total. The number of halogens is 1. The van der Waals surface area contributed by atoms with Crippen molar-refractivity contribution < 1.29 is 24.2 Å². The van der Waals surface area contributed by atoms with Crippen LogP contribution in [0.15, 0.2) is 66.4 Å². The van der Waals surface area contributed by atoms with Crippen LogP contribution < -0.4 is 14.4 Å². The van der Waals surface area contributed by atoms with Crippen LogP contribution in [0.1, 0.15) is 22.9 Å². The van der Waals surface area contributed by atoms with Crippen LogP contribution >= 0.6 is 11.6 Å². The third-order valence-corrected chi connectivity index (χ3v) is 5.72. The number of hydrogen-bond acceptors (Lipinski definition) is 6. The lowest BCUT2D eigenvalue weighted by Gasteiger charge is -2.25. The van der Waals surface area contributed by atoms with Crippen LogP contribution in [-0.2, 0) is 9.59 Å². The molecule has 1 unspecified atom stereocenters. The molecule has 0 saturated carbocycles. The zero-order valence-electron chi connectivity index (χ0n) is 18.2. The van der Waals surface area contributed by atoms with Crippen molar-refractivity contribution in [2.45, 2.75) is 13.0 Å². The fourth-order valence-electron chi connectivity index (χ4n) is 3.88. The Labute approximate surface area is 195 Å². The lowest BCUT2D eigenvalue weighted by Crippen LogP contribution is -2.29. The molecule has 1 N–H and O–H groups in total. The molecule has 2 aromatic carbocycles. The molecule has 2 heterocycles. The van der Waals surface area contributed by atoms with Crippen molar-refractivity contribution in [1.29, 1.82) is 0 Å². The average Bonchev–Trinajstić information content (AvgIpc) is 3.09. The Morgan fingerprint density at radius 1 is 1.03 bits per heavy atom. The number of ketones is 1. The molecule has 1 aromatic heterocycles. The van der Waals surface area contributed by atoms with Crippen molar-refractivity contribution >= 4 is 34.7 Å². The maximum Gasteiger partial charge on any atom is 0.300 e. The third-order valence-electron chi connectivity index (χ3n) is 5.42. The van der Waals surface area contributed by atoms with E-state index in [1.165, 1.54) is 31.3 Å². The van der Waals surface area contributed by atoms with Gasteiger partial charge in [-0.15, -0.1) is 0 Å². The molecule has 1 aliphatic rings. The third kappa shape index (κ3) is 3.91. The van der Waals surface area contributed by atoms with Crippen LogP contribution in [0.5, 0.6) is 11.5 Å². The van der Waals surface area contributed by atoms with Gasteiger partial charge in [0.2, 0.25) is 0 Å². The summed E-state index contributed by atoms with van der Waals surface area (Å²) in [6, 6.07) is 14.4. The molecular weight excluding hydrogens is 444 g/mol. The second kappa shape index (κ2) is 8.96. The standard InChI is InChI=1S/C25H21ClN2O5/c1-14-7-6-8-15(11-14)28-22(18-9-4-5-10-27-18)21(24(30)25(28)31)23(29)16-12-20(33-3)17(26)13-19(16)32-2/h4-13,22,29H,1-3H3/b23-21+. The number of ether oxygens (including phenoxy) is 2. The van der Waals surface area contributed by atoms with Gasteiger partial charge in [-0.1, -0.05) is 29.8 Å². The molecule has 1 aliphatic heterocycles. The molecule has 1 fully saturated rings. The Hall–Kier alpha value is -3.84. The van der Waals surface area contributed by atoms with Gasteiger partial charge in [0.05, 0.1) is 36.1 Å². The number of anilines is 1. The first-order valence-corrected chi connectivity index (χ1v) is 10.5. The highest BCUT2D eigenvalue weighted by Crippen LogP contribution is 2.44. The van der Waals surface area contributed by atoms with E-state index in [-0.39, 0.29) is 27.7 Å². The number of benzene rings is 2. The van der Waals surface area contributed by atoms with Crippen molar-refractivity contribution in [3.63, 3.8) is 0 Å². The minimum Gasteiger partial charge on any atom is -0.507 e. The van der Waals surface area contributed by atoms with E-state index in [2.05, 4.69) is 4.98 Å². The van der Waals surface area contributed by atoms with Gasteiger partial charge in [-0.05, 0) is 42.8 Å². The van der Waals surface area contributed by atoms with E-state index >= 15 is 0 Å². The molecule has 0 spiro atoms. The average molecular weight is 465 g/mol. The summed E-state index contributed by atoms with van der Waals surface area (Å²) in [4.78, 5) is 32.2. The van der Waals surface area contributed by atoms with E-state index in [1.807, 2.05) is 13.0 Å². The van der Waals surface area contributed by atoms with Gasteiger partial charge in [0.25, 0.3) is 11.7 Å². The Morgan fingerprint density at radius 2 is 1.79 bits per heavy atom. The molecular formula is C25H21ClN2O5. The van der Waals surface area contributed by atoms with Gasteiger partial charge in [0.1, 0.15) is 23.3 Å². The van der Waals surface area contributed by atoms with Crippen molar-refractivity contribution in [1.82, 2.24) is 4.98 Å². The number of Topliss-reactive ketones (excluding diaryl/α,β-unsaturated/α-hetero) is 1. The molecule has 1 saturated heterocycles. The Morgan fingerprint density at radius 3 is 2.42 bits per heavy atom. The number of aromatic nitrogens is 1. The van der Waals surface area contributed by atoms with Crippen LogP contribution in [-0.4, -0.2) is 36.0 Å². The summed E-state index contributed by atoms with van der Waals surface area (Å²) in [5, 5.41) is 11.6. The summed E-state index contributed by atoms with van der Waals surface area (Å²) in [7, 11) is 2.85. The Kier molecular flexibility index (Phi) is 6.07. The molecule has 8 heteroatoms. The Bertz CT molecular complexity index is 1270. The highest BCUT2D eigenvalue weighted by molar-refractivity contribution is 6.51. The second-order valence-corrected chi connectivity index (χ2v) is 7.86. The van der Waals surface area contributed by atoms with Gasteiger partial charge in [0.15, 0.2) is 0 Å². The summed E-state index contributed by atoms with van der Waals surface area (Å²) in [6.45, 7) is 1.89. The maximum absolute atomic E-state index is 13.3. The molecule has 1 amide bonds. The lowest BCUT2D eigenvalue weighted by molar-refractivity contribution is -0.132. The van der Waals surface area contributed by atoms with Gasteiger partial charge >= 0.3 is 0 Å². The summed E-state index contributed by atoms with van der Waals surface area (Å²) in [5.74, 6) is -1.51. The normalized spacial score (nSPS) is 17.3. The number of nitrogens with zero attached hydrogens (tertiary/aromatic N) is 2.